The van der Waals surface area contributed by atoms with E-state index in [0.717, 1.165) is 24.3 Å². The molecule has 4 heteroatoms. The number of para-hydroxylation sites is 3. The molecule has 48 heavy (non-hydrogen) atoms. The Bertz CT molecular complexity index is 2120. The summed E-state index contributed by atoms with van der Waals surface area (Å²) in [6, 6.07) is 49.7. The molecule has 0 unspecified atom stereocenters. The Kier molecular flexibility index (Phi) is 6.76. The van der Waals surface area contributed by atoms with Gasteiger partial charge in [-0.3, -0.25) is 0 Å². The van der Waals surface area contributed by atoms with Gasteiger partial charge in [0, 0.05) is 46.4 Å². The van der Waals surface area contributed by atoms with E-state index in [0.29, 0.717) is 11.8 Å². The highest BCUT2D eigenvalue weighted by atomic mass is 15.2. The highest BCUT2D eigenvalue weighted by molar-refractivity contribution is 7.00. The predicted molar refractivity (Wildman–Crippen MR) is 206 cm³/mol. The van der Waals surface area contributed by atoms with Crippen molar-refractivity contribution < 1.29 is 0 Å². The van der Waals surface area contributed by atoms with Crippen molar-refractivity contribution in [2.75, 3.05) is 21.2 Å². The van der Waals surface area contributed by atoms with Gasteiger partial charge in [-0.1, -0.05) is 107 Å². The molecule has 0 aromatic heterocycles. The molecular weight excluding hydrogens is 581 g/mol. The van der Waals surface area contributed by atoms with E-state index < -0.39 is 0 Å². The van der Waals surface area contributed by atoms with Crippen molar-refractivity contribution in [1.82, 2.24) is 0 Å². The van der Waals surface area contributed by atoms with Gasteiger partial charge in [-0.15, -0.1) is 0 Å². The van der Waals surface area contributed by atoms with Gasteiger partial charge >= 0.3 is 0 Å². The molecule has 6 aromatic carbocycles. The van der Waals surface area contributed by atoms with Crippen LogP contribution >= 0.6 is 0 Å². The average molecular weight is 622 g/mol. The van der Waals surface area contributed by atoms with E-state index in [-0.39, 0.29) is 6.71 Å². The Morgan fingerprint density at radius 2 is 1.21 bits per heavy atom. The maximum absolute atomic E-state index is 2.65. The van der Waals surface area contributed by atoms with E-state index in [9.17, 15) is 0 Å². The summed E-state index contributed by atoms with van der Waals surface area (Å²) in [5.74, 6) is 0.917. The van der Waals surface area contributed by atoms with Gasteiger partial charge in [0.15, 0.2) is 0 Å². The summed E-state index contributed by atoms with van der Waals surface area (Å²) >= 11 is 0. The summed E-state index contributed by atoms with van der Waals surface area (Å²) in [4.78, 5) is 7.62. The zero-order valence-electron chi connectivity index (χ0n) is 28.2. The monoisotopic (exact) mass is 621 g/mol. The lowest BCUT2D eigenvalue weighted by atomic mass is 9.33. The molecule has 0 amide bonds. The largest absolute Gasteiger partial charge is 0.342 e. The van der Waals surface area contributed by atoms with Gasteiger partial charge in [-0.2, -0.15) is 0 Å². The number of anilines is 8. The second-order valence-corrected chi connectivity index (χ2v) is 14.1. The van der Waals surface area contributed by atoms with E-state index in [2.05, 4.69) is 176 Å². The minimum atomic E-state index is 0.159. The molecule has 9 rings (SSSR count). The topological polar surface area (TPSA) is 9.72 Å². The van der Waals surface area contributed by atoms with Crippen LogP contribution in [0.3, 0.4) is 0 Å². The summed E-state index contributed by atoms with van der Waals surface area (Å²) < 4.78 is 0. The second-order valence-electron chi connectivity index (χ2n) is 14.1. The van der Waals surface area contributed by atoms with Gasteiger partial charge in [-0.25, -0.2) is 0 Å². The highest BCUT2D eigenvalue weighted by Crippen LogP contribution is 2.48. The van der Waals surface area contributed by atoms with Crippen LogP contribution in [0.2, 0.25) is 0 Å². The van der Waals surface area contributed by atoms with Crippen LogP contribution in [0, 0.1) is 0 Å². The number of nitrogens with zero attached hydrogens (tertiary/aromatic N) is 3. The van der Waals surface area contributed by atoms with Gasteiger partial charge in [0.25, 0.3) is 6.71 Å². The molecular formula is C44H40BN3. The molecule has 6 aromatic rings. The van der Waals surface area contributed by atoms with Crippen LogP contribution in [-0.2, 0) is 6.42 Å². The molecule has 0 saturated carbocycles. The van der Waals surface area contributed by atoms with Gasteiger partial charge in [-0.05, 0) is 106 Å². The fraction of sp³-hybridized carbons (Fsp3) is 0.182. The average Bonchev–Trinajstić information content (AvgIpc) is 3.57. The molecule has 0 aliphatic carbocycles. The Hall–Kier alpha value is -5.22. The summed E-state index contributed by atoms with van der Waals surface area (Å²) in [6.45, 7) is 10.4. The lowest BCUT2D eigenvalue weighted by Gasteiger charge is -2.44. The maximum Gasteiger partial charge on any atom is 0.252 e. The third kappa shape index (κ3) is 4.35. The van der Waals surface area contributed by atoms with Crippen molar-refractivity contribution in [3.8, 4) is 0 Å². The molecule has 234 valence electrons. The predicted octanol–water partition coefficient (Wildman–Crippen LogP) is 9.71. The van der Waals surface area contributed by atoms with Crippen LogP contribution in [0.4, 0.5) is 45.5 Å². The van der Waals surface area contributed by atoms with Gasteiger partial charge in [0.2, 0.25) is 0 Å². The Balaban J connectivity index is 1.39. The molecule has 3 nitrogen and oxygen atoms in total. The number of hydrogen-bond donors (Lipinski definition) is 0. The molecule has 0 fully saturated rings. The van der Waals surface area contributed by atoms with Crippen LogP contribution < -0.4 is 31.1 Å². The van der Waals surface area contributed by atoms with Crippen molar-refractivity contribution in [1.29, 1.82) is 0 Å². The SMILES string of the molecule is CC(C)c1ccc2c(c1)N(c1ccccc1)c1cc(N(c3ccccc3)c3ccccc3)cc3c1B2c1ccc(C(C)C)c2c1N3CC2. The van der Waals surface area contributed by atoms with Crippen LogP contribution in [0.15, 0.2) is 133 Å². The van der Waals surface area contributed by atoms with Crippen LogP contribution in [-0.4, -0.2) is 13.3 Å². The summed E-state index contributed by atoms with van der Waals surface area (Å²) in [5, 5.41) is 0. The summed E-state index contributed by atoms with van der Waals surface area (Å²) in [7, 11) is 0. The van der Waals surface area contributed by atoms with Crippen molar-refractivity contribution in [3.05, 3.63) is 150 Å². The summed E-state index contributed by atoms with van der Waals surface area (Å²) in [6.07, 6.45) is 1.07. The van der Waals surface area contributed by atoms with E-state index in [1.54, 1.807) is 0 Å². The molecule has 0 spiro atoms. The first-order valence-electron chi connectivity index (χ1n) is 17.5. The van der Waals surface area contributed by atoms with Crippen molar-refractivity contribution in [3.63, 3.8) is 0 Å². The first-order chi connectivity index (χ1) is 23.5. The van der Waals surface area contributed by atoms with Gasteiger partial charge in [0.1, 0.15) is 0 Å². The standard InChI is InChI=1S/C44H40BN3/c1-29(2)31-20-22-38-40(26-31)48(34-18-12-7-13-19-34)42-28-35(47(32-14-8-5-9-15-32)33-16-10-6-11-17-33)27-41-43(42)45(38)39-23-21-36(30(3)4)37-24-25-46(41)44(37)39/h5-23,26-30H,24-25H2,1-4H3. The molecule has 3 aliphatic rings. The molecule has 0 N–H and O–H groups in total. The zero-order valence-corrected chi connectivity index (χ0v) is 28.2. The molecule has 0 bridgehead atoms. The Morgan fingerprint density at radius 1 is 0.583 bits per heavy atom. The number of hydrogen-bond acceptors (Lipinski definition) is 3. The lowest BCUT2D eigenvalue weighted by Crippen LogP contribution is -2.61. The Morgan fingerprint density at radius 3 is 1.85 bits per heavy atom. The molecule has 3 heterocycles. The minimum absolute atomic E-state index is 0.159. The van der Waals surface area contributed by atoms with Crippen LogP contribution in [0.5, 0.6) is 0 Å². The van der Waals surface area contributed by atoms with Crippen LogP contribution in [0.25, 0.3) is 0 Å². The second kappa shape index (κ2) is 11.2. The first kappa shape index (κ1) is 29.0. The first-order valence-corrected chi connectivity index (χ1v) is 17.5. The van der Waals surface area contributed by atoms with Gasteiger partial charge < -0.3 is 14.7 Å². The fourth-order valence-corrected chi connectivity index (χ4v) is 8.47. The quantitative estimate of drug-likeness (QED) is 0.171. The third-order valence-electron chi connectivity index (χ3n) is 10.7. The lowest BCUT2D eigenvalue weighted by molar-refractivity contribution is 0.849. The Labute approximate surface area is 285 Å². The van der Waals surface area contributed by atoms with Crippen LogP contribution in [0.1, 0.15) is 56.2 Å². The molecule has 0 atom stereocenters. The third-order valence-corrected chi connectivity index (χ3v) is 10.7. The minimum Gasteiger partial charge on any atom is -0.342 e. The van der Waals surface area contributed by atoms with Crippen molar-refractivity contribution in [2.45, 2.75) is 46.0 Å². The fourth-order valence-electron chi connectivity index (χ4n) is 8.47. The molecule has 0 saturated heterocycles. The van der Waals surface area contributed by atoms with Crippen molar-refractivity contribution >= 4 is 68.6 Å². The summed E-state index contributed by atoms with van der Waals surface area (Å²) in [5.41, 5.74) is 18.6. The molecule has 0 radical (unpaired) electrons. The number of rotatable bonds is 6. The molecule has 3 aliphatic heterocycles. The van der Waals surface area contributed by atoms with E-state index in [1.165, 1.54) is 67.2 Å². The zero-order chi connectivity index (χ0) is 32.5. The van der Waals surface area contributed by atoms with Crippen molar-refractivity contribution in [2.24, 2.45) is 0 Å². The van der Waals surface area contributed by atoms with Gasteiger partial charge in [0.05, 0.1) is 5.69 Å². The smallest absolute Gasteiger partial charge is 0.252 e. The van der Waals surface area contributed by atoms with E-state index in [1.807, 2.05) is 0 Å². The van der Waals surface area contributed by atoms with E-state index >= 15 is 0 Å². The normalized spacial score (nSPS) is 13.9. The maximum atomic E-state index is 2.65. The highest BCUT2D eigenvalue weighted by Gasteiger charge is 2.46. The number of benzene rings is 6. The number of fused-ring (bicyclic) bond motifs is 4. The van der Waals surface area contributed by atoms with E-state index in [4.69, 9.17) is 0 Å².